The molecule has 0 atom stereocenters. The average Bonchev–Trinajstić information content (AvgIpc) is 2.75. The molecule has 0 aliphatic heterocycles. The van der Waals surface area contributed by atoms with Gasteiger partial charge in [-0.3, -0.25) is 0 Å². The van der Waals surface area contributed by atoms with E-state index in [1.807, 2.05) is 27.7 Å². The lowest BCUT2D eigenvalue weighted by molar-refractivity contribution is 1.46. The van der Waals surface area contributed by atoms with Crippen LogP contribution in [0, 0.1) is 27.7 Å². The minimum atomic E-state index is 1.33. The molecular weight excluding hydrogens is 336 g/mol. The predicted molar refractivity (Wildman–Crippen MR) is 130 cm³/mol. The molecule has 0 nitrogen and oxygen atoms in total. The third kappa shape index (κ3) is 6.23. The fraction of sp³-hybridized carbons (Fsp3) is 0.286. The first kappa shape index (κ1) is 23.4. The van der Waals surface area contributed by atoms with Crippen LogP contribution < -0.4 is 0 Å². The molecular formula is C28H36. The molecule has 0 aliphatic rings. The quantitative estimate of drug-likeness (QED) is 0.289. The Hall–Kier alpha value is -2.60. The van der Waals surface area contributed by atoms with E-state index in [4.69, 9.17) is 0 Å². The highest BCUT2D eigenvalue weighted by molar-refractivity contribution is 5.88. The van der Waals surface area contributed by atoms with Crippen LogP contribution in [0.2, 0.25) is 0 Å². The zero-order chi connectivity index (χ0) is 21.1. The van der Waals surface area contributed by atoms with Gasteiger partial charge in [-0.15, -0.1) is 0 Å². The third-order valence-corrected chi connectivity index (χ3v) is 4.51. The second kappa shape index (κ2) is 12.0. The van der Waals surface area contributed by atoms with Gasteiger partial charge in [-0.25, -0.2) is 0 Å². The maximum absolute atomic E-state index is 2.22. The molecule has 4 rings (SSSR count). The number of fused-ring (bicyclic) bond motifs is 2. The molecule has 28 heavy (non-hydrogen) atoms. The molecule has 0 heteroatoms. The van der Waals surface area contributed by atoms with E-state index < -0.39 is 0 Å². The zero-order valence-corrected chi connectivity index (χ0v) is 18.9. The van der Waals surface area contributed by atoms with Gasteiger partial charge in [-0.05, 0) is 60.4 Å². The Bertz CT molecular complexity index is 911. The van der Waals surface area contributed by atoms with Gasteiger partial charge in [0.05, 0.1) is 0 Å². The molecule has 0 saturated heterocycles. The number of hydrogen-bond donors (Lipinski definition) is 0. The van der Waals surface area contributed by atoms with Gasteiger partial charge in [0, 0.05) is 0 Å². The van der Waals surface area contributed by atoms with Crippen molar-refractivity contribution < 1.29 is 0 Å². The van der Waals surface area contributed by atoms with Gasteiger partial charge in [0.2, 0.25) is 0 Å². The van der Waals surface area contributed by atoms with Crippen LogP contribution in [0.4, 0.5) is 0 Å². The van der Waals surface area contributed by atoms with Crippen LogP contribution in [-0.2, 0) is 0 Å². The molecule has 0 radical (unpaired) electrons. The van der Waals surface area contributed by atoms with Crippen molar-refractivity contribution in [3.63, 3.8) is 0 Å². The normalized spacial score (nSPS) is 9.43. The molecule has 4 aromatic carbocycles. The van der Waals surface area contributed by atoms with Crippen LogP contribution in [0.1, 0.15) is 49.9 Å². The summed E-state index contributed by atoms with van der Waals surface area (Å²) in [6.45, 7) is 16.6. The molecule has 0 heterocycles. The highest BCUT2D eigenvalue weighted by Crippen LogP contribution is 2.21. The summed E-state index contributed by atoms with van der Waals surface area (Å²) in [4.78, 5) is 0. The van der Waals surface area contributed by atoms with E-state index in [1.54, 1.807) is 0 Å². The van der Waals surface area contributed by atoms with E-state index in [-0.39, 0.29) is 0 Å². The van der Waals surface area contributed by atoms with Gasteiger partial charge in [0.1, 0.15) is 0 Å². The van der Waals surface area contributed by atoms with Crippen LogP contribution in [0.15, 0.2) is 72.8 Å². The number of benzene rings is 4. The molecule has 0 spiro atoms. The van der Waals surface area contributed by atoms with Crippen molar-refractivity contribution >= 4 is 21.5 Å². The molecule has 0 saturated carbocycles. The lowest BCUT2D eigenvalue weighted by Gasteiger charge is -2.03. The van der Waals surface area contributed by atoms with Crippen LogP contribution in [0.5, 0.6) is 0 Å². The number of aryl methyl sites for hydroxylation is 4. The second-order valence-corrected chi connectivity index (χ2v) is 6.60. The molecule has 0 aromatic heterocycles. The van der Waals surface area contributed by atoms with Crippen molar-refractivity contribution in [2.45, 2.75) is 55.4 Å². The lowest BCUT2D eigenvalue weighted by Crippen LogP contribution is -1.80. The van der Waals surface area contributed by atoms with Crippen LogP contribution in [-0.4, -0.2) is 0 Å². The van der Waals surface area contributed by atoms with Gasteiger partial charge in [-0.2, -0.15) is 0 Å². The van der Waals surface area contributed by atoms with E-state index in [9.17, 15) is 0 Å². The Kier molecular flexibility index (Phi) is 10.0. The highest BCUT2D eigenvalue weighted by Gasteiger charge is 1.97. The van der Waals surface area contributed by atoms with E-state index in [0.717, 1.165) is 0 Å². The summed E-state index contributed by atoms with van der Waals surface area (Å²) >= 11 is 0. The van der Waals surface area contributed by atoms with E-state index >= 15 is 0 Å². The Morgan fingerprint density at radius 2 is 0.786 bits per heavy atom. The smallest absolute Gasteiger partial charge is 0.0152 e. The zero-order valence-electron chi connectivity index (χ0n) is 18.9. The van der Waals surface area contributed by atoms with Crippen molar-refractivity contribution in [1.29, 1.82) is 0 Å². The Morgan fingerprint density at radius 1 is 0.429 bits per heavy atom. The fourth-order valence-corrected chi connectivity index (χ4v) is 3.08. The first-order valence-electron chi connectivity index (χ1n) is 10.5. The molecule has 0 unspecified atom stereocenters. The number of hydrogen-bond acceptors (Lipinski definition) is 0. The molecule has 4 aromatic rings. The topological polar surface area (TPSA) is 0 Å². The SMILES string of the molecule is CC.CC.Cc1ccc(C)c2ccccc12.Cc1ccc2cc(C)ccc2c1. The largest absolute Gasteiger partial charge is 0.0683 e. The molecule has 0 N–H and O–H groups in total. The van der Waals surface area contributed by atoms with Crippen molar-refractivity contribution in [1.82, 2.24) is 0 Å². The monoisotopic (exact) mass is 372 g/mol. The lowest BCUT2D eigenvalue weighted by atomic mass is 10.0. The van der Waals surface area contributed by atoms with Gasteiger partial charge in [0.25, 0.3) is 0 Å². The maximum atomic E-state index is 2.22. The Labute approximate surface area is 172 Å². The van der Waals surface area contributed by atoms with Gasteiger partial charge in [-0.1, -0.05) is 112 Å². The van der Waals surface area contributed by atoms with E-state index in [1.165, 1.54) is 43.8 Å². The summed E-state index contributed by atoms with van der Waals surface area (Å²) in [6, 6.07) is 26.0. The van der Waals surface area contributed by atoms with E-state index in [2.05, 4.69) is 100 Å². The van der Waals surface area contributed by atoms with Crippen molar-refractivity contribution in [3.8, 4) is 0 Å². The summed E-state index contributed by atoms with van der Waals surface area (Å²) in [6.07, 6.45) is 0. The van der Waals surface area contributed by atoms with Crippen molar-refractivity contribution in [3.05, 3.63) is 95.1 Å². The molecule has 0 amide bonds. The Balaban J connectivity index is 0.000000238. The highest BCUT2D eigenvalue weighted by atomic mass is 14.0. The van der Waals surface area contributed by atoms with E-state index in [0.29, 0.717) is 0 Å². The summed E-state index contributed by atoms with van der Waals surface area (Å²) < 4.78 is 0. The first-order chi connectivity index (χ1) is 13.5. The van der Waals surface area contributed by atoms with Gasteiger partial charge in [0.15, 0.2) is 0 Å². The summed E-state index contributed by atoms with van der Waals surface area (Å²) in [5.41, 5.74) is 5.37. The molecule has 0 bridgehead atoms. The summed E-state index contributed by atoms with van der Waals surface area (Å²) in [5, 5.41) is 5.41. The van der Waals surface area contributed by atoms with Gasteiger partial charge >= 0.3 is 0 Å². The summed E-state index contributed by atoms with van der Waals surface area (Å²) in [7, 11) is 0. The third-order valence-electron chi connectivity index (χ3n) is 4.51. The van der Waals surface area contributed by atoms with Crippen LogP contribution >= 0.6 is 0 Å². The molecule has 0 aliphatic carbocycles. The first-order valence-corrected chi connectivity index (χ1v) is 10.5. The van der Waals surface area contributed by atoms with Gasteiger partial charge < -0.3 is 0 Å². The second-order valence-electron chi connectivity index (χ2n) is 6.60. The Morgan fingerprint density at radius 3 is 1.14 bits per heavy atom. The fourth-order valence-electron chi connectivity index (χ4n) is 3.08. The van der Waals surface area contributed by atoms with Crippen molar-refractivity contribution in [2.75, 3.05) is 0 Å². The summed E-state index contributed by atoms with van der Waals surface area (Å²) in [5.74, 6) is 0. The van der Waals surface area contributed by atoms with Crippen molar-refractivity contribution in [2.24, 2.45) is 0 Å². The van der Waals surface area contributed by atoms with Crippen LogP contribution in [0.3, 0.4) is 0 Å². The maximum Gasteiger partial charge on any atom is -0.0152 e. The average molecular weight is 373 g/mol. The standard InChI is InChI=1S/2C12H12.2C2H6/c1-9-3-5-12-8-10(2)4-6-11(12)7-9;1-9-7-8-10(2)12-6-4-3-5-11(9)12;2*1-2/h2*3-8H,1-2H3;2*1-2H3. The predicted octanol–water partition coefficient (Wildman–Crippen LogP) is 8.97. The number of rotatable bonds is 0. The molecule has 148 valence electrons. The molecule has 0 fully saturated rings. The van der Waals surface area contributed by atoms with Crippen LogP contribution in [0.25, 0.3) is 21.5 Å². The minimum Gasteiger partial charge on any atom is -0.0683 e. The minimum absolute atomic E-state index is 1.33.